The molecule has 0 rings (SSSR count). The predicted octanol–water partition coefficient (Wildman–Crippen LogP) is 2.11. The van der Waals surface area contributed by atoms with E-state index < -0.39 is 14.3 Å². The van der Waals surface area contributed by atoms with Crippen LogP contribution in [0.3, 0.4) is 0 Å². The van der Waals surface area contributed by atoms with Crippen LogP contribution in [-0.2, 0) is 9.09 Å². The maximum absolute atomic E-state index is 9.85. The van der Waals surface area contributed by atoms with Gasteiger partial charge in [-0.25, -0.2) is 4.79 Å². The largest absolute Gasteiger partial charge is 0.694 e. The Balaban J connectivity index is -0.000000162. The lowest BCUT2D eigenvalue weighted by Gasteiger charge is -2.01. The van der Waals surface area contributed by atoms with Crippen LogP contribution in [0, 0.1) is 0 Å². The summed E-state index contributed by atoms with van der Waals surface area (Å²) in [6, 6.07) is -0.407. The third-order valence-electron chi connectivity index (χ3n) is 1.18. The van der Waals surface area contributed by atoms with Crippen LogP contribution in [0.15, 0.2) is 0 Å². The van der Waals surface area contributed by atoms with E-state index in [0.29, 0.717) is 6.61 Å². The topological polar surface area (TPSA) is 92.9 Å². The van der Waals surface area contributed by atoms with Crippen molar-refractivity contribution in [3.05, 3.63) is 0 Å². The van der Waals surface area contributed by atoms with Crippen LogP contribution in [-0.4, -0.2) is 36.5 Å². The summed E-state index contributed by atoms with van der Waals surface area (Å²) >= 11 is 0. The molecule has 98 valence electrons. The van der Waals surface area contributed by atoms with Crippen molar-refractivity contribution in [3.8, 4) is 0 Å². The molecule has 0 bridgehead atoms. The quantitative estimate of drug-likeness (QED) is 0.755. The Labute approximate surface area is 98.7 Å². The Hall–Kier alpha value is -0.710. The smallest absolute Gasteiger partial charge is 0.352 e. The van der Waals surface area contributed by atoms with E-state index in [9.17, 15) is 9.36 Å². The van der Waals surface area contributed by atoms with Crippen molar-refractivity contribution in [3.63, 3.8) is 0 Å². The molecule has 0 aliphatic heterocycles. The molecule has 0 aromatic heterocycles. The number of unbranched alkanes of at least 4 members (excludes halogenated alkanes) is 1. The number of nitrogens with two attached hydrogens (primary N) is 1. The first-order chi connectivity index (χ1) is 7.33. The van der Waals surface area contributed by atoms with Crippen molar-refractivity contribution in [1.82, 2.24) is 4.90 Å². The first-order valence-electron chi connectivity index (χ1n) is 5.09. The monoisotopic (exact) mass is 255 g/mol. The van der Waals surface area contributed by atoms with E-state index in [1.165, 1.54) is 17.7 Å². The highest BCUT2D eigenvalue weighted by molar-refractivity contribution is 7.32. The summed E-state index contributed by atoms with van der Waals surface area (Å²) in [6.07, 6.45) is 2.64. The van der Waals surface area contributed by atoms with Crippen molar-refractivity contribution < 1.29 is 18.8 Å². The number of amides is 2. The van der Waals surface area contributed by atoms with Crippen LogP contribution < -0.4 is 5.73 Å². The minimum Gasteiger partial charge on any atom is -0.352 e. The fourth-order valence-electron chi connectivity index (χ4n) is 0.110. The van der Waals surface area contributed by atoms with Crippen LogP contribution in [0.1, 0.15) is 33.6 Å². The average molecular weight is 255 g/mol. The van der Waals surface area contributed by atoms with E-state index in [4.69, 9.17) is 10.6 Å². The van der Waals surface area contributed by atoms with Gasteiger partial charge < -0.3 is 10.6 Å². The molecule has 0 aliphatic carbocycles. The summed E-state index contributed by atoms with van der Waals surface area (Å²) in [5, 5.41) is 0. The van der Waals surface area contributed by atoms with Crippen molar-refractivity contribution in [1.29, 1.82) is 0 Å². The van der Waals surface area contributed by atoms with Gasteiger partial charge in [0.2, 0.25) is 0 Å². The lowest BCUT2D eigenvalue weighted by Crippen LogP contribution is -2.27. The maximum atomic E-state index is 9.85. The van der Waals surface area contributed by atoms with Gasteiger partial charge in [0.25, 0.3) is 0 Å². The Morgan fingerprint density at radius 1 is 1.31 bits per heavy atom. The van der Waals surface area contributed by atoms with E-state index in [2.05, 4.69) is 18.4 Å². The van der Waals surface area contributed by atoms with Gasteiger partial charge in [0.15, 0.2) is 0 Å². The Morgan fingerprint density at radius 2 is 1.62 bits per heavy atom. The summed E-state index contributed by atoms with van der Waals surface area (Å²) in [4.78, 5) is 19.0. The molecular weight excluding hydrogens is 231 g/mol. The van der Waals surface area contributed by atoms with Crippen molar-refractivity contribution in [2.45, 2.75) is 33.6 Å². The first-order valence-corrected chi connectivity index (χ1v) is 6.22. The Kier molecular flexibility index (Phi) is 21.6. The average Bonchev–Trinajstić information content (AvgIpc) is 2.18. The highest BCUT2D eigenvalue weighted by Crippen LogP contribution is 2.12. The number of hydrogen-bond donors (Lipinski definition) is 2. The van der Waals surface area contributed by atoms with Gasteiger partial charge in [0.05, 0.1) is 0 Å². The zero-order chi connectivity index (χ0) is 13.6. The number of primary amides is 1. The molecule has 3 N–H and O–H groups in total. The van der Waals surface area contributed by atoms with Gasteiger partial charge in [-0.3, -0.25) is 0 Å². The van der Waals surface area contributed by atoms with E-state index in [1.807, 2.05) is 0 Å². The Bertz CT molecular complexity index is 175. The molecule has 0 saturated carbocycles. The van der Waals surface area contributed by atoms with Crippen molar-refractivity contribution in [2.75, 3.05) is 20.7 Å². The zero-order valence-corrected chi connectivity index (χ0v) is 11.7. The number of nitrogens with zero attached hydrogens (tertiary/aromatic N) is 1. The fourth-order valence-corrected chi connectivity index (χ4v) is 0.331. The normalized spacial score (nSPS) is 9.00. The number of hydrogen-bond acceptors (Lipinski definition) is 3. The number of rotatable bonds is 3. The van der Waals surface area contributed by atoms with E-state index in [-0.39, 0.29) is 0 Å². The van der Waals surface area contributed by atoms with Gasteiger partial charge >= 0.3 is 14.3 Å². The standard InChI is InChI=1S/C4H10.C3H8N2O.C2H5O3P/c1-3-4-2;1-5(2)3(4)6;1-2-5-6(3)4/h3-4H2,1-2H3;1-2H3,(H2,4,6);2H2,1H3/p+1. The molecule has 16 heavy (non-hydrogen) atoms. The molecule has 1 unspecified atom stereocenters. The highest BCUT2D eigenvalue weighted by Gasteiger charge is 2.06. The van der Waals surface area contributed by atoms with Crippen LogP contribution >= 0.6 is 8.25 Å². The van der Waals surface area contributed by atoms with Gasteiger partial charge in [-0.2, -0.15) is 0 Å². The van der Waals surface area contributed by atoms with Crippen LogP contribution in [0.2, 0.25) is 0 Å². The summed E-state index contributed by atoms with van der Waals surface area (Å²) in [7, 11) is 0.849. The second kappa shape index (κ2) is 16.7. The van der Waals surface area contributed by atoms with Crippen LogP contribution in [0.5, 0.6) is 0 Å². The molecule has 1 atom stereocenters. The minimum atomic E-state index is -2.35. The van der Waals surface area contributed by atoms with Gasteiger partial charge in [0, 0.05) is 18.7 Å². The minimum absolute atomic E-state index is 0.297. The maximum Gasteiger partial charge on any atom is 0.694 e. The third kappa shape index (κ3) is 37.8. The fraction of sp³-hybridized carbons (Fsp3) is 0.889. The molecule has 6 nitrogen and oxygen atoms in total. The molecule has 0 aromatic carbocycles. The summed E-state index contributed by atoms with van der Waals surface area (Å²) in [6.45, 7) is 6.31. The third-order valence-corrected chi connectivity index (χ3v) is 1.66. The van der Waals surface area contributed by atoms with Crippen molar-refractivity contribution >= 4 is 14.3 Å². The summed E-state index contributed by atoms with van der Waals surface area (Å²) in [5.41, 5.74) is 4.72. The van der Waals surface area contributed by atoms with E-state index >= 15 is 0 Å². The molecule has 0 radical (unpaired) electrons. The molecule has 0 fully saturated rings. The molecular formula is C9H24N2O4P+. The van der Waals surface area contributed by atoms with Gasteiger partial charge in [-0.05, 0) is 6.92 Å². The van der Waals surface area contributed by atoms with Crippen LogP contribution in [0.25, 0.3) is 0 Å². The van der Waals surface area contributed by atoms with Gasteiger partial charge in [-0.1, -0.05) is 26.7 Å². The number of carbonyl (C=O) groups is 1. The Morgan fingerprint density at radius 3 is 1.62 bits per heavy atom. The molecule has 2 amide bonds. The van der Waals surface area contributed by atoms with Gasteiger partial charge in [0.1, 0.15) is 6.61 Å². The highest BCUT2D eigenvalue weighted by atomic mass is 31.1. The summed E-state index contributed by atoms with van der Waals surface area (Å²) < 4.78 is 13.6. The SMILES string of the molecule is CCCC.CCO[P+](=O)O.CN(C)C(N)=O. The zero-order valence-electron chi connectivity index (χ0n) is 10.8. The van der Waals surface area contributed by atoms with E-state index in [0.717, 1.165) is 0 Å². The molecule has 7 heteroatoms. The number of urea groups is 1. The molecule has 0 aromatic rings. The molecule has 0 heterocycles. The first kappa shape index (κ1) is 20.7. The van der Waals surface area contributed by atoms with Crippen LogP contribution in [0.4, 0.5) is 4.79 Å². The molecule has 0 aliphatic rings. The summed E-state index contributed by atoms with van der Waals surface area (Å²) in [5.74, 6) is 0. The molecule has 0 spiro atoms. The second-order valence-electron chi connectivity index (χ2n) is 2.89. The lowest BCUT2D eigenvalue weighted by molar-refractivity contribution is 0.227. The van der Waals surface area contributed by atoms with E-state index in [1.54, 1.807) is 21.0 Å². The van der Waals surface area contributed by atoms with Gasteiger partial charge in [-0.15, -0.1) is 9.42 Å². The molecule has 0 saturated heterocycles. The predicted molar refractivity (Wildman–Crippen MR) is 65.3 cm³/mol. The second-order valence-corrected chi connectivity index (χ2v) is 3.62. The van der Waals surface area contributed by atoms with Crippen molar-refractivity contribution in [2.24, 2.45) is 5.73 Å². The lowest BCUT2D eigenvalue weighted by atomic mass is 10.4. The number of carbonyl (C=O) groups excluding carboxylic acids is 1.